The van der Waals surface area contributed by atoms with E-state index in [1.165, 1.54) is 0 Å². The molecule has 0 aromatic heterocycles. The van der Waals surface area contributed by atoms with E-state index in [2.05, 4.69) is 26.1 Å². The summed E-state index contributed by atoms with van der Waals surface area (Å²) >= 11 is 15.7. The van der Waals surface area contributed by atoms with Crippen LogP contribution in [0.3, 0.4) is 0 Å². The molecule has 4 rings (SSSR count). The van der Waals surface area contributed by atoms with Crippen molar-refractivity contribution in [1.82, 2.24) is 9.80 Å². The number of amides is 2. The van der Waals surface area contributed by atoms with Gasteiger partial charge >= 0.3 is 0 Å². The van der Waals surface area contributed by atoms with Crippen LogP contribution in [-0.4, -0.2) is 65.3 Å². The van der Waals surface area contributed by atoms with Crippen LogP contribution in [-0.2, 0) is 10.4 Å². The Morgan fingerprint density at radius 3 is 2.42 bits per heavy atom. The zero-order valence-electron chi connectivity index (χ0n) is 22.5. The van der Waals surface area contributed by atoms with Crippen LogP contribution in [0.4, 0.5) is 5.69 Å². The maximum atomic E-state index is 13.4. The zero-order valence-corrected chi connectivity index (χ0v) is 25.6. The van der Waals surface area contributed by atoms with Gasteiger partial charge in [0, 0.05) is 43.9 Å². The molecule has 2 N–H and O–H groups in total. The summed E-state index contributed by atoms with van der Waals surface area (Å²) in [4.78, 5) is 29.2. The monoisotopic (exact) mass is 645 g/mol. The minimum atomic E-state index is -0.796. The van der Waals surface area contributed by atoms with E-state index in [1.54, 1.807) is 42.3 Å². The predicted molar refractivity (Wildman–Crippen MR) is 166 cm³/mol. The number of anilines is 1. The summed E-state index contributed by atoms with van der Waals surface area (Å²) in [5, 5.41) is 15.1. The second kappa shape index (κ2) is 14.0. The lowest BCUT2D eigenvalue weighted by molar-refractivity contribution is -0.113. The number of benzene rings is 3. The van der Waals surface area contributed by atoms with Gasteiger partial charge in [-0.25, -0.2) is 0 Å². The third kappa shape index (κ3) is 7.86. The third-order valence-corrected chi connectivity index (χ3v) is 8.81. The van der Waals surface area contributed by atoms with Gasteiger partial charge in [-0.1, -0.05) is 81.6 Å². The van der Waals surface area contributed by atoms with Crippen LogP contribution in [0.25, 0.3) is 0 Å². The second-order valence-corrected chi connectivity index (χ2v) is 11.7. The Kier molecular flexibility index (Phi) is 10.7. The fourth-order valence-corrected chi connectivity index (χ4v) is 5.66. The first-order valence-corrected chi connectivity index (χ1v) is 15.2. The molecule has 1 saturated heterocycles. The van der Waals surface area contributed by atoms with Gasteiger partial charge in [-0.05, 0) is 67.3 Å². The molecule has 0 aliphatic carbocycles. The molecular formula is C31H34BrCl2N3O3. The number of piperidine rings is 1. The van der Waals surface area contributed by atoms with E-state index in [4.69, 9.17) is 23.2 Å². The standard InChI is InChI=1S/C31H34BrCl2N3O3/c1-36(30(39)23-6-5-9-26(18-23)35-29(38)20-32)21-24(22-10-11-27(33)28(34)19-22)12-15-37-16-13-31(40,14-17-37)25-7-3-2-4-8-25/h2-11,18-19,24,40H,12-17,20-21H2,1H3,(H,35,38)/t24-/m0/s1. The molecular weight excluding hydrogens is 613 g/mol. The molecule has 0 unspecified atom stereocenters. The molecule has 1 aliphatic heterocycles. The number of aliphatic hydroxyl groups is 1. The fraction of sp³-hybridized carbons (Fsp3) is 0.355. The summed E-state index contributed by atoms with van der Waals surface area (Å²) in [5.74, 6) is -0.293. The van der Waals surface area contributed by atoms with Crippen molar-refractivity contribution >= 4 is 56.6 Å². The number of hydrogen-bond donors (Lipinski definition) is 2. The molecule has 40 heavy (non-hydrogen) atoms. The number of halogens is 3. The van der Waals surface area contributed by atoms with Gasteiger partial charge in [0.15, 0.2) is 0 Å². The highest BCUT2D eigenvalue weighted by Gasteiger charge is 2.34. The maximum absolute atomic E-state index is 13.4. The largest absolute Gasteiger partial charge is 0.385 e. The molecule has 0 spiro atoms. The van der Waals surface area contributed by atoms with Crippen molar-refractivity contribution in [2.45, 2.75) is 30.8 Å². The van der Waals surface area contributed by atoms with E-state index >= 15 is 0 Å². The summed E-state index contributed by atoms with van der Waals surface area (Å²) in [5.41, 5.74) is 2.27. The van der Waals surface area contributed by atoms with Crippen LogP contribution in [0, 0.1) is 0 Å². The average Bonchev–Trinajstić information content (AvgIpc) is 2.97. The number of nitrogens with zero attached hydrogens (tertiary/aromatic N) is 2. The molecule has 0 bridgehead atoms. The third-order valence-electron chi connectivity index (χ3n) is 7.56. The number of rotatable bonds is 10. The van der Waals surface area contributed by atoms with E-state index in [0.29, 0.717) is 40.7 Å². The molecule has 1 fully saturated rings. The van der Waals surface area contributed by atoms with Crippen molar-refractivity contribution in [2.75, 3.05) is 43.9 Å². The minimum absolute atomic E-state index is 0.0231. The molecule has 0 radical (unpaired) electrons. The van der Waals surface area contributed by atoms with E-state index < -0.39 is 5.60 Å². The van der Waals surface area contributed by atoms with E-state index in [-0.39, 0.29) is 23.1 Å². The molecule has 6 nitrogen and oxygen atoms in total. The van der Waals surface area contributed by atoms with Gasteiger partial charge in [0.1, 0.15) is 0 Å². The fourth-order valence-electron chi connectivity index (χ4n) is 5.21. The molecule has 9 heteroatoms. The summed E-state index contributed by atoms with van der Waals surface area (Å²) in [7, 11) is 1.79. The van der Waals surface area contributed by atoms with Gasteiger partial charge in [0.25, 0.3) is 5.91 Å². The van der Waals surface area contributed by atoms with Gasteiger partial charge in [0.2, 0.25) is 5.91 Å². The topological polar surface area (TPSA) is 72.9 Å². The maximum Gasteiger partial charge on any atom is 0.253 e. The minimum Gasteiger partial charge on any atom is -0.385 e. The van der Waals surface area contributed by atoms with Crippen molar-refractivity contribution in [2.24, 2.45) is 0 Å². The zero-order chi connectivity index (χ0) is 28.7. The molecule has 1 heterocycles. The Hall–Kier alpha value is -2.42. The second-order valence-electron chi connectivity index (χ2n) is 10.3. The summed E-state index contributed by atoms with van der Waals surface area (Å²) < 4.78 is 0. The number of nitrogens with one attached hydrogen (secondary N) is 1. The number of alkyl halides is 1. The Balaban J connectivity index is 1.43. The molecule has 3 aromatic carbocycles. The normalized spacial score (nSPS) is 15.8. The molecule has 0 saturated carbocycles. The predicted octanol–water partition coefficient (Wildman–Crippen LogP) is 6.56. The highest BCUT2D eigenvalue weighted by Crippen LogP contribution is 2.34. The van der Waals surface area contributed by atoms with Gasteiger partial charge < -0.3 is 20.2 Å². The summed E-state index contributed by atoms with van der Waals surface area (Å²) in [6.07, 6.45) is 2.16. The number of carbonyl (C=O) groups is 2. The van der Waals surface area contributed by atoms with E-state index in [1.807, 2.05) is 42.5 Å². The van der Waals surface area contributed by atoms with Crippen LogP contribution >= 0.6 is 39.1 Å². The quantitative estimate of drug-likeness (QED) is 0.245. The molecule has 1 atom stereocenters. The van der Waals surface area contributed by atoms with E-state index in [9.17, 15) is 14.7 Å². The van der Waals surface area contributed by atoms with Crippen molar-refractivity contribution in [1.29, 1.82) is 0 Å². The lowest BCUT2D eigenvalue weighted by Crippen LogP contribution is -2.43. The first-order chi connectivity index (χ1) is 19.2. The first kappa shape index (κ1) is 30.5. The number of likely N-dealkylation sites (tertiary alicyclic amines) is 1. The summed E-state index contributed by atoms with van der Waals surface area (Å²) in [6, 6.07) is 22.5. The van der Waals surface area contributed by atoms with Gasteiger partial charge in [-0.15, -0.1) is 0 Å². The lowest BCUT2D eigenvalue weighted by atomic mass is 9.84. The van der Waals surface area contributed by atoms with Crippen molar-refractivity contribution in [3.05, 3.63) is 99.5 Å². The average molecular weight is 647 g/mol. The SMILES string of the molecule is CN(C[C@H](CCN1CCC(O)(c2ccccc2)CC1)c1ccc(Cl)c(Cl)c1)C(=O)c1cccc(NC(=O)CBr)c1. The number of hydrogen-bond acceptors (Lipinski definition) is 4. The van der Waals surface area contributed by atoms with Crippen molar-refractivity contribution < 1.29 is 14.7 Å². The molecule has 1 aliphatic rings. The highest BCUT2D eigenvalue weighted by atomic mass is 79.9. The highest BCUT2D eigenvalue weighted by molar-refractivity contribution is 9.09. The molecule has 2 amide bonds. The smallest absolute Gasteiger partial charge is 0.253 e. The Morgan fingerprint density at radius 1 is 1.02 bits per heavy atom. The van der Waals surface area contributed by atoms with Crippen LogP contribution in [0.1, 0.15) is 46.7 Å². The van der Waals surface area contributed by atoms with Crippen LogP contribution in [0.15, 0.2) is 72.8 Å². The lowest BCUT2D eigenvalue weighted by Gasteiger charge is -2.39. The molecule has 3 aromatic rings. The Morgan fingerprint density at radius 2 is 1.75 bits per heavy atom. The molecule has 212 valence electrons. The van der Waals surface area contributed by atoms with Crippen molar-refractivity contribution in [3.8, 4) is 0 Å². The van der Waals surface area contributed by atoms with Crippen LogP contribution in [0.2, 0.25) is 10.0 Å². The van der Waals surface area contributed by atoms with Gasteiger partial charge in [-0.2, -0.15) is 0 Å². The van der Waals surface area contributed by atoms with Gasteiger partial charge in [-0.3, -0.25) is 9.59 Å². The Labute approximate surface area is 254 Å². The van der Waals surface area contributed by atoms with Crippen molar-refractivity contribution in [3.63, 3.8) is 0 Å². The van der Waals surface area contributed by atoms with E-state index in [0.717, 1.165) is 37.2 Å². The summed E-state index contributed by atoms with van der Waals surface area (Å²) in [6.45, 7) is 2.89. The van der Waals surface area contributed by atoms with Crippen LogP contribution in [0.5, 0.6) is 0 Å². The Bertz CT molecular complexity index is 1320. The van der Waals surface area contributed by atoms with Gasteiger partial charge in [0.05, 0.1) is 21.0 Å². The first-order valence-electron chi connectivity index (χ1n) is 13.3. The number of likely N-dealkylation sites (N-methyl/N-ethyl adjacent to an activating group) is 1. The van der Waals surface area contributed by atoms with Crippen LogP contribution < -0.4 is 5.32 Å². The number of carbonyl (C=O) groups excluding carboxylic acids is 2.